The van der Waals surface area contributed by atoms with Gasteiger partial charge in [-0.15, -0.1) is 0 Å². The average Bonchev–Trinajstić information content (AvgIpc) is 2.92. The zero-order valence-corrected chi connectivity index (χ0v) is 17.5. The summed E-state index contributed by atoms with van der Waals surface area (Å²) < 4.78 is 30.4. The molecule has 0 amide bonds. The van der Waals surface area contributed by atoms with Crippen molar-refractivity contribution in [2.75, 3.05) is 33.0 Å². The van der Waals surface area contributed by atoms with Gasteiger partial charge in [0.25, 0.3) is 0 Å². The summed E-state index contributed by atoms with van der Waals surface area (Å²) in [5, 5.41) is 15.2. The third kappa shape index (κ3) is 23.9. The molecule has 2 fully saturated rings. The van der Waals surface area contributed by atoms with E-state index in [1.807, 2.05) is 41.2 Å². The maximum atomic E-state index is 7.61. The van der Waals surface area contributed by atoms with E-state index in [2.05, 4.69) is 0 Å². The molecule has 1 unspecified atom stereocenters. The second-order valence-electron chi connectivity index (χ2n) is 5.62. The van der Waals surface area contributed by atoms with Gasteiger partial charge in [0.05, 0.1) is 12.7 Å². The molecule has 0 saturated carbocycles. The molecule has 2 rings (SSSR count). The van der Waals surface area contributed by atoms with E-state index >= 15 is 0 Å². The van der Waals surface area contributed by atoms with Crippen LogP contribution in [0.3, 0.4) is 0 Å². The van der Waals surface area contributed by atoms with Crippen molar-refractivity contribution in [1.82, 2.24) is 0 Å². The van der Waals surface area contributed by atoms with E-state index in [0.29, 0.717) is 6.10 Å². The summed E-state index contributed by atoms with van der Waals surface area (Å²) in [6, 6.07) is 0. The van der Waals surface area contributed by atoms with Gasteiger partial charge in [-0.05, 0) is 54.5 Å². The quantitative estimate of drug-likeness (QED) is 0.711. The zero-order chi connectivity index (χ0) is 20.4. The lowest BCUT2D eigenvalue weighted by Gasteiger charge is -2.15. The van der Waals surface area contributed by atoms with Gasteiger partial charge in [0.2, 0.25) is 0 Å². The van der Waals surface area contributed by atoms with E-state index in [9.17, 15) is 0 Å². The van der Waals surface area contributed by atoms with Crippen LogP contribution in [-0.4, -0.2) is 77.7 Å². The zero-order valence-electron chi connectivity index (χ0n) is 17.5. The fourth-order valence-corrected chi connectivity index (χ4v) is 1.80. The largest absolute Gasteiger partial charge is 0.453 e. The Morgan fingerprint density at radius 2 is 1.42 bits per heavy atom. The highest BCUT2D eigenvalue weighted by Crippen LogP contribution is 2.05. The molecule has 2 saturated heterocycles. The molecule has 0 aromatic rings. The van der Waals surface area contributed by atoms with Crippen LogP contribution in [0.25, 0.3) is 0 Å². The van der Waals surface area contributed by atoms with Crippen molar-refractivity contribution in [2.24, 2.45) is 0 Å². The lowest BCUT2D eigenvalue weighted by Crippen LogP contribution is -2.25. The molecule has 26 heavy (non-hydrogen) atoms. The van der Waals surface area contributed by atoms with Crippen molar-refractivity contribution in [3.8, 4) is 0 Å². The molecule has 0 bridgehead atoms. The van der Waals surface area contributed by atoms with Crippen molar-refractivity contribution in [3.63, 3.8) is 0 Å². The van der Waals surface area contributed by atoms with E-state index < -0.39 is 7.12 Å². The first-order valence-corrected chi connectivity index (χ1v) is 9.32. The van der Waals surface area contributed by atoms with Crippen LogP contribution in [0.2, 0.25) is 27.3 Å². The van der Waals surface area contributed by atoms with Crippen molar-refractivity contribution in [1.29, 1.82) is 0 Å². The smallest absolute Gasteiger partial charge is 0.427 e. The fraction of sp³-hybridized carbons (Fsp3) is 1.00. The lowest BCUT2D eigenvalue weighted by molar-refractivity contribution is 0.138. The lowest BCUT2D eigenvalue weighted by atomic mass is 9.94. The highest BCUT2D eigenvalue weighted by molar-refractivity contribution is 6.43. The summed E-state index contributed by atoms with van der Waals surface area (Å²) in [6.45, 7) is 16.8. The van der Waals surface area contributed by atoms with Gasteiger partial charge in [-0.3, -0.25) is 0 Å². The van der Waals surface area contributed by atoms with Gasteiger partial charge in [-0.25, -0.2) is 0 Å². The molecule has 12 heteroatoms. The van der Waals surface area contributed by atoms with Crippen LogP contribution in [0.4, 0.5) is 0 Å². The summed E-state index contributed by atoms with van der Waals surface area (Å²) in [5.74, 6) is 0. The first-order valence-electron chi connectivity index (χ1n) is 9.32. The minimum Gasteiger partial charge on any atom is -0.427 e. The summed E-state index contributed by atoms with van der Waals surface area (Å²) in [4.78, 5) is 0. The second kappa shape index (κ2) is 19.7. The molecule has 2 aliphatic rings. The average molecular weight is 376 g/mol. The number of hydrogen-bond donors (Lipinski definition) is 2. The first-order chi connectivity index (χ1) is 12.2. The fourth-order valence-electron chi connectivity index (χ4n) is 1.80. The van der Waals surface area contributed by atoms with E-state index in [1.54, 1.807) is 0 Å². The van der Waals surface area contributed by atoms with Gasteiger partial charge in [0, 0.05) is 26.4 Å². The molecule has 152 valence electrons. The van der Waals surface area contributed by atoms with Crippen LogP contribution in [0, 0.1) is 0 Å². The summed E-state index contributed by atoms with van der Waals surface area (Å²) in [5.41, 5.74) is 0. The van der Waals surface area contributed by atoms with Gasteiger partial charge in [-0.1, -0.05) is 0 Å². The molecule has 8 nitrogen and oxygen atoms in total. The predicted octanol–water partition coefficient (Wildman–Crippen LogP) is 1.35. The van der Waals surface area contributed by atoms with E-state index in [0.717, 1.165) is 39.5 Å². The molecule has 0 aromatic heterocycles. The Balaban J connectivity index is 0. The highest BCUT2D eigenvalue weighted by atomic mass is 16.6. The van der Waals surface area contributed by atoms with Crippen LogP contribution in [0.1, 0.15) is 27.2 Å². The first kappa shape index (κ1) is 28.2. The minimum atomic E-state index is -1.17. The molecular formula is C14H36B4O8. The topological polar surface area (TPSA) is 95.8 Å². The Labute approximate surface area is 160 Å². The van der Waals surface area contributed by atoms with Crippen molar-refractivity contribution in [3.05, 3.63) is 0 Å². The maximum Gasteiger partial charge on any atom is 0.453 e. The Bertz CT molecular complexity index is 265. The van der Waals surface area contributed by atoms with E-state index in [-0.39, 0.29) is 21.4 Å². The molecule has 2 aliphatic heterocycles. The minimum absolute atomic E-state index is 0.0231. The molecule has 0 spiro atoms. The standard InChI is InChI=1S/C5H13BO2.2C4H9BO2.CH5BO2/c1-4-7-6(3)8-5-2;1-4-3-6-5(2)7-4;1-5-6-3-2-4-7-5;1-2(3)4/h4-5H2,1-3H3;4H,3H2,1-2H3;2-4H2,1H3;3-4H,1H3. The molecule has 0 radical (unpaired) electrons. The van der Waals surface area contributed by atoms with Crippen molar-refractivity contribution < 1.29 is 38.0 Å². The van der Waals surface area contributed by atoms with Crippen LogP contribution in [0.15, 0.2) is 0 Å². The Hall–Kier alpha value is -0.0603. The summed E-state index contributed by atoms with van der Waals surface area (Å²) in [6.07, 6.45) is 1.35. The molecule has 0 aliphatic carbocycles. The molecule has 0 aromatic carbocycles. The van der Waals surface area contributed by atoms with E-state index in [1.165, 1.54) is 6.82 Å². The monoisotopic (exact) mass is 376 g/mol. The van der Waals surface area contributed by atoms with Crippen LogP contribution < -0.4 is 0 Å². The van der Waals surface area contributed by atoms with Crippen LogP contribution >= 0.6 is 0 Å². The number of rotatable bonds is 4. The highest BCUT2D eigenvalue weighted by Gasteiger charge is 2.22. The van der Waals surface area contributed by atoms with Gasteiger partial charge in [0.1, 0.15) is 0 Å². The van der Waals surface area contributed by atoms with Gasteiger partial charge >= 0.3 is 28.5 Å². The normalized spacial score (nSPS) is 18.6. The second-order valence-corrected chi connectivity index (χ2v) is 5.62. The SMILES string of the molecule is CB(O)O.CB1OCC(C)O1.CB1OCCCO1.CCOB(C)OCC. The van der Waals surface area contributed by atoms with Gasteiger partial charge < -0.3 is 38.0 Å². The van der Waals surface area contributed by atoms with Crippen LogP contribution in [0.5, 0.6) is 0 Å². The van der Waals surface area contributed by atoms with Gasteiger partial charge in [0.15, 0.2) is 0 Å². The van der Waals surface area contributed by atoms with Crippen LogP contribution in [-0.2, 0) is 27.9 Å². The Morgan fingerprint density at radius 3 is 1.62 bits per heavy atom. The Kier molecular flexibility index (Phi) is 21.3. The molecular weight excluding hydrogens is 339 g/mol. The predicted molar refractivity (Wildman–Crippen MR) is 107 cm³/mol. The number of hydrogen-bond acceptors (Lipinski definition) is 8. The molecule has 2 N–H and O–H groups in total. The third-order valence-electron chi connectivity index (χ3n) is 2.79. The van der Waals surface area contributed by atoms with E-state index in [4.69, 9.17) is 38.0 Å². The van der Waals surface area contributed by atoms with Gasteiger partial charge in [-0.2, -0.15) is 0 Å². The summed E-state index contributed by atoms with van der Waals surface area (Å²) >= 11 is 0. The molecule has 1 atom stereocenters. The maximum absolute atomic E-state index is 7.61. The molecule has 2 heterocycles. The Morgan fingerprint density at radius 1 is 0.962 bits per heavy atom. The van der Waals surface area contributed by atoms with Crippen molar-refractivity contribution in [2.45, 2.75) is 60.6 Å². The summed E-state index contributed by atoms with van der Waals surface area (Å²) in [7, 11) is -1.14. The third-order valence-corrected chi connectivity index (χ3v) is 2.79. The van der Waals surface area contributed by atoms with Crippen molar-refractivity contribution >= 4 is 28.5 Å².